The highest BCUT2D eigenvalue weighted by molar-refractivity contribution is 5.84. The van der Waals surface area contributed by atoms with E-state index in [0.717, 1.165) is 72.7 Å². The van der Waals surface area contributed by atoms with Crippen LogP contribution in [-0.2, 0) is 11.2 Å². The van der Waals surface area contributed by atoms with Gasteiger partial charge in [-0.3, -0.25) is 4.79 Å². The lowest BCUT2D eigenvalue weighted by Crippen LogP contribution is -1.97. The fraction of sp³-hybridized carbons (Fsp3) is 0.222. The van der Waals surface area contributed by atoms with Crippen molar-refractivity contribution in [2.75, 3.05) is 0 Å². The molecule has 5 rings (SSSR count). The number of rotatable bonds is 3. The largest absolute Gasteiger partial charge is 0.481 e. The molecule has 2 aliphatic rings. The van der Waals surface area contributed by atoms with Crippen molar-refractivity contribution < 1.29 is 9.90 Å². The van der Waals surface area contributed by atoms with E-state index in [1.54, 1.807) is 0 Å². The summed E-state index contributed by atoms with van der Waals surface area (Å²) in [6.45, 7) is 8.21. The fourth-order valence-corrected chi connectivity index (χ4v) is 4.41. The van der Waals surface area contributed by atoms with Gasteiger partial charge >= 0.3 is 5.97 Å². The Balaban J connectivity index is 1.91. The maximum Gasteiger partial charge on any atom is 0.303 e. The molecule has 6 nitrogen and oxygen atoms in total. The monoisotopic (exact) mass is 438 g/mol. The highest BCUT2D eigenvalue weighted by Crippen LogP contribution is 2.28. The molecule has 8 bridgehead atoms. The molecule has 0 aromatic carbocycles. The highest BCUT2D eigenvalue weighted by atomic mass is 16.4. The molecule has 5 heterocycles. The maximum absolute atomic E-state index is 11.3. The van der Waals surface area contributed by atoms with Crippen LogP contribution in [-0.4, -0.2) is 31.0 Å². The highest BCUT2D eigenvalue weighted by Gasteiger charge is 2.14. The third-order valence-corrected chi connectivity index (χ3v) is 6.60. The molecule has 6 heteroatoms. The summed E-state index contributed by atoms with van der Waals surface area (Å²) < 4.78 is 0. The average molecular weight is 439 g/mol. The summed E-state index contributed by atoms with van der Waals surface area (Å²) in [5.74, 6) is -0.808. The van der Waals surface area contributed by atoms with E-state index < -0.39 is 5.97 Å². The maximum atomic E-state index is 11.3. The molecule has 0 amide bonds. The van der Waals surface area contributed by atoms with Crippen LogP contribution in [0.25, 0.3) is 46.4 Å². The van der Waals surface area contributed by atoms with Gasteiger partial charge in [0.05, 0.1) is 22.8 Å². The third kappa shape index (κ3) is 3.67. The number of aryl methyl sites for hydroxylation is 5. The molecular formula is C27H26N4O2. The molecule has 3 N–H and O–H groups in total. The second-order valence-corrected chi connectivity index (χ2v) is 8.69. The molecule has 3 aromatic rings. The number of carboxylic acid groups (broad SMARTS) is 1. The summed E-state index contributed by atoms with van der Waals surface area (Å²) in [4.78, 5) is 28.1. The molecule has 0 aliphatic carbocycles. The van der Waals surface area contributed by atoms with E-state index in [9.17, 15) is 9.90 Å². The SMILES string of the molecule is Cc1c2nc(c(C)c3cc(CCC(=O)O)c([nH]3)c(C)c3nc(c(C)c4ccc1[nH]4)C=C3)C=C2. The van der Waals surface area contributed by atoms with Crippen LogP contribution in [0.2, 0.25) is 0 Å². The Morgan fingerprint density at radius 1 is 0.758 bits per heavy atom. The lowest BCUT2D eigenvalue weighted by Gasteiger charge is -2.00. The van der Waals surface area contributed by atoms with Crippen molar-refractivity contribution in [2.45, 2.75) is 40.5 Å². The van der Waals surface area contributed by atoms with E-state index in [-0.39, 0.29) is 6.42 Å². The van der Waals surface area contributed by atoms with Crippen molar-refractivity contribution in [3.05, 3.63) is 68.8 Å². The van der Waals surface area contributed by atoms with Crippen LogP contribution in [0.15, 0.2) is 18.2 Å². The van der Waals surface area contributed by atoms with Crippen LogP contribution < -0.4 is 0 Å². The number of carboxylic acids is 1. The van der Waals surface area contributed by atoms with Crippen molar-refractivity contribution in [1.82, 2.24) is 19.9 Å². The number of H-pyrrole nitrogens is 2. The van der Waals surface area contributed by atoms with Crippen LogP contribution in [0.3, 0.4) is 0 Å². The molecule has 0 saturated carbocycles. The number of aliphatic carboxylic acids is 1. The van der Waals surface area contributed by atoms with Crippen LogP contribution in [0.1, 0.15) is 57.0 Å². The van der Waals surface area contributed by atoms with Gasteiger partial charge in [-0.15, -0.1) is 0 Å². The minimum absolute atomic E-state index is 0.0745. The average Bonchev–Trinajstić information content (AvgIpc) is 3.61. The second kappa shape index (κ2) is 7.89. The van der Waals surface area contributed by atoms with Crippen molar-refractivity contribution >= 4 is 52.3 Å². The van der Waals surface area contributed by atoms with E-state index in [1.165, 1.54) is 0 Å². The van der Waals surface area contributed by atoms with Gasteiger partial charge in [0, 0.05) is 28.5 Å². The molecular weight excluding hydrogens is 412 g/mol. The second-order valence-electron chi connectivity index (χ2n) is 8.69. The zero-order valence-electron chi connectivity index (χ0n) is 19.2. The molecule has 0 saturated heterocycles. The predicted molar refractivity (Wildman–Crippen MR) is 134 cm³/mol. The van der Waals surface area contributed by atoms with Crippen LogP contribution in [0.4, 0.5) is 0 Å². The predicted octanol–water partition coefficient (Wildman–Crippen LogP) is 5.91. The smallest absolute Gasteiger partial charge is 0.303 e. The van der Waals surface area contributed by atoms with Gasteiger partial charge < -0.3 is 15.1 Å². The lowest BCUT2D eigenvalue weighted by atomic mass is 10.1. The van der Waals surface area contributed by atoms with E-state index in [0.29, 0.717) is 6.42 Å². The first-order valence-corrected chi connectivity index (χ1v) is 11.1. The van der Waals surface area contributed by atoms with Crippen LogP contribution in [0, 0.1) is 27.7 Å². The molecule has 3 aromatic heterocycles. The first kappa shape index (κ1) is 20.9. The number of hydrogen-bond donors (Lipinski definition) is 3. The molecule has 0 unspecified atom stereocenters. The summed E-state index contributed by atoms with van der Waals surface area (Å²) in [5.41, 5.74) is 12.7. The van der Waals surface area contributed by atoms with E-state index >= 15 is 0 Å². The Hall–Kier alpha value is -3.93. The molecule has 0 radical (unpaired) electrons. The lowest BCUT2D eigenvalue weighted by molar-refractivity contribution is -0.136. The van der Waals surface area contributed by atoms with Gasteiger partial charge in [0.15, 0.2) is 0 Å². The normalized spacial score (nSPS) is 12.5. The zero-order valence-corrected chi connectivity index (χ0v) is 19.2. The van der Waals surface area contributed by atoms with Gasteiger partial charge in [-0.25, -0.2) is 9.97 Å². The van der Waals surface area contributed by atoms with E-state index in [4.69, 9.17) is 9.97 Å². The van der Waals surface area contributed by atoms with Gasteiger partial charge in [-0.1, -0.05) is 0 Å². The fourth-order valence-electron chi connectivity index (χ4n) is 4.41. The van der Waals surface area contributed by atoms with Gasteiger partial charge in [0.1, 0.15) is 0 Å². The van der Waals surface area contributed by atoms with E-state index in [1.807, 2.05) is 38.2 Å². The number of aromatic amines is 2. The molecule has 0 spiro atoms. The Kier molecular flexibility index (Phi) is 5.01. The quantitative estimate of drug-likeness (QED) is 0.326. The van der Waals surface area contributed by atoms with Gasteiger partial charge in [0.25, 0.3) is 0 Å². The Morgan fingerprint density at radius 2 is 1.24 bits per heavy atom. The summed E-state index contributed by atoms with van der Waals surface area (Å²) in [6, 6.07) is 6.22. The van der Waals surface area contributed by atoms with Gasteiger partial charge in [-0.05, 0) is 104 Å². The summed E-state index contributed by atoms with van der Waals surface area (Å²) in [7, 11) is 0. The number of aromatic nitrogens is 4. The topological polar surface area (TPSA) is 94.7 Å². The molecule has 0 fully saturated rings. The Morgan fingerprint density at radius 3 is 1.76 bits per heavy atom. The zero-order chi connectivity index (χ0) is 23.3. The standard InChI is InChI=1S/C27H26N4O2/c1-14-19-6-7-20(28-19)15(2)22-10-11-24(30-22)17(4)27-18(5-12-26(32)33)13-25(31-27)16(3)23-9-8-21(14)29-23/h6-11,13,28,31H,5,12H2,1-4H3,(H,32,33). The van der Waals surface area contributed by atoms with Crippen LogP contribution in [0.5, 0.6) is 0 Å². The van der Waals surface area contributed by atoms with Gasteiger partial charge in [0.2, 0.25) is 0 Å². The Bertz CT molecular complexity index is 1530. The summed E-state index contributed by atoms with van der Waals surface area (Å²) in [6.07, 6.45) is 8.65. The van der Waals surface area contributed by atoms with Crippen molar-refractivity contribution in [2.24, 2.45) is 0 Å². The van der Waals surface area contributed by atoms with Crippen molar-refractivity contribution in [3.8, 4) is 0 Å². The first-order chi connectivity index (χ1) is 15.8. The number of hydrogen-bond acceptors (Lipinski definition) is 3. The molecule has 166 valence electrons. The minimum Gasteiger partial charge on any atom is -0.481 e. The summed E-state index contributed by atoms with van der Waals surface area (Å²) >= 11 is 0. The van der Waals surface area contributed by atoms with Crippen molar-refractivity contribution in [3.63, 3.8) is 0 Å². The summed E-state index contributed by atoms with van der Waals surface area (Å²) in [5, 5.41) is 9.25. The number of nitrogens with zero attached hydrogens (tertiary/aromatic N) is 2. The van der Waals surface area contributed by atoms with E-state index in [2.05, 4.69) is 42.0 Å². The van der Waals surface area contributed by atoms with Gasteiger partial charge in [-0.2, -0.15) is 0 Å². The third-order valence-electron chi connectivity index (χ3n) is 6.60. The molecule has 33 heavy (non-hydrogen) atoms. The number of carbonyl (C=O) groups is 1. The van der Waals surface area contributed by atoms with Crippen LogP contribution >= 0.6 is 0 Å². The number of nitrogens with one attached hydrogen (secondary N) is 2. The Labute approximate surface area is 191 Å². The minimum atomic E-state index is -0.808. The number of fused-ring (bicyclic) bond motifs is 8. The van der Waals surface area contributed by atoms with Crippen molar-refractivity contribution in [1.29, 1.82) is 0 Å². The molecule has 2 aliphatic heterocycles. The first-order valence-electron chi connectivity index (χ1n) is 11.1. The molecule has 0 atom stereocenters.